The van der Waals surface area contributed by atoms with Crippen molar-refractivity contribution in [2.75, 3.05) is 6.61 Å². The fourth-order valence-corrected chi connectivity index (χ4v) is 1.13. The van der Waals surface area contributed by atoms with Gasteiger partial charge >= 0.3 is 12.1 Å². The SMILES string of the molecule is O=C(COc1cccc(OC(F)(F)C(Cl)Cl)c1)OCl. The van der Waals surface area contributed by atoms with E-state index in [0.717, 1.165) is 6.07 Å². The highest BCUT2D eigenvalue weighted by Crippen LogP contribution is 2.31. The average molecular weight is 336 g/mol. The molecule has 0 aromatic heterocycles. The van der Waals surface area contributed by atoms with E-state index < -0.39 is 23.5 Å². The first-order valence-corrected chi connectivity index (χ1v) is 5.92. The molecule has 4 nitrogen and oxygen atoms in total. The van der Waals surface area contributed by atoms with E-state index in [1.807, 2.05) is 0 Å². The molecule has 0 unspecified atom stereocenters. The summed E-state index contributed by atoms with van der Waals surface area (Å²) in [7, 11) is 0. The van der Waals surface area contributed by atoms with Crippen LogP contribution in [0, 0.1) is 0 Å². The molecule has 106 valence electrons. The lowest BCUT2D eigenvalue weighted by molar-refractivity contribution is -0.163. The Hall–Kier alpha value is -0.980. The van der Waals surface area contributed by atoms with Gasteiger partial charge in [0.15, 0.2) is 6.61 Å². The number of rotatable bonds is 6. The number of hydrogen-bond donors (Lipinski definition) is 0. The maximum atomic E-state index is 13.1. The first-order valence-electron chi connectivity index (χ1n) is 4.74. The third-order valence-electron chi connectivity index (χ3n) is 1.76. The van der Waals surface area contributed by atoms with Crippen LogP contribution in [0.25, 0.3) is 0 Å². The van der Waals surface area contributed by atoms with Gasteiger partial charge in [-0.2, -0.15) is 8.78 Å². The lowest BCUT2D eigenvalue weighted by Gasteiger charge is -2.18. The van der Waals surface area contributed by atoms with Gasteiger partial charge in [0.05, 0.1) is 0 Å². The number of alkyl halides is 4. The monoisotopic (exact) mass is 334 g/mol. The van der Waals surface area contributed by atoms with E-state index in [-0.39, 0.29) is 11.5 Å². The quantitative estimate of drug-likeness (QED) is 0.746. The number of halogens is 5. The second kappa shape index (κ2) is 6.98. The fraction of sp³-hybridized carbons (Fsp3) is 0.300. The van der Waals surface area contributed by atoms with Crippen LogP contribution in [-0.4, -0.2) is 23.5 Å². The largest absolute Gasteiger partial charge is 0.482 e. The first-order chi connectivity index (χ1) is 8.85. The van der Waals surface area contributed by atoms with Gasteiger partial charge in [-0.3, -0.25) is 0 Å². The number of carbonyl (C=O) groups excluding carboxylic acids is 1. The highest BCUT2D eigenvalue weighted by atomic mass is 35.5. The van der Waals surface area contributed by atoms with Gasteiger partial charge < -0.3 is 13.8 Å². The third kappa shape index (κ3) is 5.26. The topological polar surface area (TPSA) is 44.8 Å². The molecule has 0 bridgehead atoms. The van der Waals surface area contributed by atoms with Crippen LogP contribution < -0.4 is 9.47 Å². The van der Waals surface area contributed by atoms with Crippen molar-refractivity contribution < 1.29 is 27.3 Å². The predicted octanol–water partition coefficient (Wildman–Crippen LogP) is 3.54. The van der Waals surface area contributed by atoms with E-state index in [9.17, 15) is 13.6 Å². The number of hydrogen-bond acceptors (Lipinski definition) is 4. The number of carbonyl (C=O) groups is 1. The second-order valence-electron chi connectivity index (χ2n) is 3.18. The Kier molecular flexibility index (Phi) is 5.90. The molecule has 0 amide bonds. The van der Waals surface area contributed by atoms with Gasteiger partial charge in [-0.25, -0.2) is 4.79 Å². The highest BCUT2D eigenvalue weighted by Gasteiger charge is 2.40. The van der Waals surface area contributed by atoms with Gasteiger partial charge in [0.1, 0.15) is 23.4 Å². The summed E-state index contributed by atoms with van der Waals surface area (Å²) in [6.07, 6.45) is -3.75. The van der Waals surface area contributed by atoms with E-state index in [1.165, 1.54) is 18.2 Å². The van der Waals surface area contributed by atoms with Gasteiger partial charge in [0, 0.05) is 6.07 Å². The smallest absolute Gasteiger partial charge is 0.428 e. The standard InChI is InChI=1S/C10H7Cl3F2O4/c11-9(12)10(14,15)18-7-3-1-2-6(4-7)17-5-8(16)19-13/h1-4,9H,5H2. The molecule has 0 aliphatic rings. The summed E-state index contributed by atoms with van der Waals surface area (Å²) in [5.74, 6) is -0.955. The van der Waals surface area contributed by atoms with Crippen LogP contribution in [0.2, 0.25) is 0 Å². The zero-order valence-electron chi connectivity index (χ0n) is 9.12. The Morgan fingerprint density at radius 3 is 2.53 bits per heavy atom. The molecule has 0 saturated carbocycles. The van der Waals surface area contributed by atoms with Crippen LogP contribution in [0.5, 0.6) is 11.5 Å². The molecule has 9 heteroatoms. The molecule has 0 N–H and O–H groups in total. The van der Waals surface area contributed by atoms with Crippen molar-refractivity contribution in [3.8, 4) is 11.5 Å². The third-order valence-corrected chi connectivity index (χ3v) is 2.44. The van der Waals surface area contributed by atoms with Gasteiger partial charge in [-0.05, 0) is 12.1 Å². The van der Waals surface area contributed by atoms with Crippen molar-refractivity contribution in [1.29, 1.82) is 0 Å². The predicted molar refractivity (Wildman–Crippen MR) is 65.0 cm³/mol. The Morgan fingerprint density at radius 2 is 1.95 bits per heavy atom. The number of benzene rings is 1. The van der Waals surface area contributed by atoms with Gasteiger partial charge in [-0.15, -0.1) is 0 Å². The van der Waals surface area contributed by atoms with E-state index in [2.05, 4.69) is 9.03 Å². The van der Waals surface area contributed by atoms with Crippen molar-refractivity contribution >= 4 is 41.0 Å². The molecule has 0 heterocycles. The molecule has 0 fully saturated rings. The second-order valence-corrected chi connectivity index (χ2v) is 4.43. The molecular weight excluding hydrogens is 328 g/mol. The Bertz CT molecular complexity index is 443. The summed E-state index contributed by atoms with van der Waals surface area (Å²) in [6.45, 7) is -0.475. The number of ether oxygens (including phenoxy) is 2. The van der Waals surface area contributed by atoms with E-state index in [4.69, 9.17) is 39.8 Å². The minimum Gasteiger partial charge on any atom is -0.482 e. The van der Waals surface area contributed by atoms with Crippen LogP contribution >= 0.6 is 35.1 Å². The fourth-order valence-electron chi connectivity index (χ4n) is 0.994. The summed E-state index contributed by atoms with van der Waals surface area (Å²) < 4.78 is 39.3. The Labute approximate surface area is 122 Å². The van der Waals surface area contributed by atoms with E-state index in [1.54, 1.807) is 0 Å². The zero-order valence-corrected chi connectivity index (χ0v) is 11.4. The van der Waals surface area contributed by atoms with Crippen molar-refractivity contribution in [1.82, 2.24) is 0 Å². The average Bonchev–Trinajstić information content (AvgIpc) is 2.35. The Morgan fingerprint density at radius 1 is 1.32 bits per heavy atom. The molecule has 0 spiro atoms. The van der Waals surface area contributed by atoms with Crippen molar-refractivity contribution in [3.05, 3.63) is 24.3 Å². The molecule has 0 radical (unpaired) electrons. The summed E-state index contributed by atoms with van der Waals surface area (Å²) in [5, 5.41) is 0. The summed E-state index contributed by atoms with van der Waals surface area (Å²) in [5.41, 5.74) is 0. The highest BCUT2D eigenvalue weighted by molar-refractivity contribution is 6.44. The molecule has 19 heavy (non-hydrogen) atoms. The van der Waals surface area contributed by atoms with Crippen molar-refractivity contribution in [2.45, 2.75) is 10.9 Å². The molecular formula is C10H7Cl3F2O4. The molecule has 0 aliphatic carbocycles. The van der Waals surface area contributed by atoms with Crippen LogP contribution in [0.4, 0.5) is 8.78 Å². The molecule has 0 aliphatic heterocycles. The minimum atomic E-state index is -3.75. The summed E-state index contributed by atoms with van der Waals surface area (Å²) in [4.78, 5) is 8.70. The Balaban J connectivity index is 2.69. The van der Waals surface area contributed by atoms with Crippen LogP contribution in [0.3, 0.4) is 0 Å². The molecule has 1 rings (SSSR count). The first kappa shape index (κ1) is 16.1. The minimum absolute atomic E-state index is 0.107. The lowest BCUT2D eigenvalue weighted by atomic mass is 10.3. The van der Waals surface area contributed by atoms with Gasteiger partial charge in [-0.1, -0.05) is 29.3 Å². The molecule has 1 aromatic rings. The van der Waals surface area contributed by atoms with Gasteiger partial charge in [0.2, 0.25) is 4.84 Å². The maximum absolute atomic E-state index is 13.1. The van der Waals surface area contributed by atoms with Crippen LogP contribution in [-0.2, 0) is 9.08 Å². The normalized spacial score (nSPS) is 11.3. The molecule has 0 atom stereocenters. The van der Waals surface area contributed by atoms with Crippen LogP contribution in [0.1, 0.15) is 0 Å². The summed E-state index contributed by atoms with van der Waals surface area (Å²) >= 11 is 14.9. The zero-order chi connectivity index (χ0) is 14.5. The van der Waals surface area contributed by atoms with Crippen molar-refractivity contribution in [2.24, 2.45) is 0 Å². The van der Waals surface area contributed by atoms with E-state index in [0.29, 0.717) is 0 Å². The molecule has 0 saturated heterocycles. The molecule has 1 aromatic carbocycles. The van der Waals surface area contributed by atoms with Crippen LogP contribution in [0.15, 0.2) is 24.3 Å². The summed E-state index contributed by atoms with van der Waals surface area (Å²) in [6, 6.07) is 5.18. The van der Waals surface area contributed by atoms with Gasteiger partial charge in [0.25, 0.3) is 0 Å². The van der Waals surface area contributed by atoms with E-state index >= 15 is 0 Å². The lowest BCUT2D eigenvalue weighted by Crippen LogP contribution is -2.32. The van der Waals surface area contributed by atoms with Crippen molar-refractivity contribution in [3.63, 3.8) is 0 Å². The maximum Gasteiger partial charge on any atom is 0.428 e.